The van der Waals surface area contributed by atoms with Crippen LogP contribution in [0.3, 0.4) is 0 Å². The Balaban J connectivity index is 2.20. The lowest BCUT2D eigenvalue weighted by Crippen LogP contribution is -2.13. The van der Waals surface area contributed by atoms with Crippen LogP contribution < -0.4 is 0 Å². The van der Waals surface area contributed by atoms with E-state index in [0.717, 1.165) is 6.20 Å². The molecule has 0 aliphatic carbocycles. The average Bonchev–Trinajstić information content (AvgIpc) is 2.87. The van der Waals surface area contributed by atoms with Crippen molar-refractivity contribution in [2.24, 2.45) is 0 Å². The Labute approximate surface area is 100 Å². The van der Waals surface area contributed by atoms with Crippen LogP contribution in [0.2, 0.25) is 0 Å². The summed E-state index contributed by atoms with van der Waals surface area (Å²) in [4.78, 5) is 3.73. The van der Waals surface area contributed by atoms with Gasteiger partial charge in [-0.3, -0.25) is 4.98 Å². The van der Waals surface area contributed by atoms with Crippen LogP contribution in [-0.2, 0) is 0 Å². The quantitative estimate of drug-likeness (QED) is 0.790. The highest BCUT2D eigenvalue weighted by Crippen LogP contribution is 2.25. The fraction of sp³-hybridized carbons (Fsp3) is 0.273. The number of aromatic nitrogens is 3. The predicted molar refractivity (Wildman–Crippen MR) is 55.6 cm³/mol. The van der Waals surface area contributed by atoms with E-state index in [2.05, 4.69) is 10.1 Å². The Morgan fingerprint density at radius 2 is 1.67 bits per heavy atom. The van der Waals surface area contributed by atoms with E-state index in [4.69, 9.17) is 0 Å². The van der Waals surface area contributed by atoms with Gasteiger partial charge < -0.3 is 0 Å². The van der Waals surface area contributed by atoms with Gasteiger partial charge in [0.2, 0.25) is 0 Å². The van der Waals surface area contributed by atoms with Crippen LogP contribution >= 0.6 is 0 Å². The van der Waals surface area contributed by atoms with Crippen molar-refractivity contribution in [1.29, 1.82) is 0 Å². The molecule has 0 spiro atoms. The van der Waals surface area contributed by atoms with E-state index in [1.165, 1.54) is 30.6 Å². The second-order valence-corrected chi connectivity index (χ2v) is 3.57. The Kier molecular flexibility index (Phi) is 3.59. The zero-order valence-electron chi connectivity index (χ0n) is 9.05. The Morgan fingerprint density at radius 1 is 1.00 bits per heavy atom. The highest BCUT2D eigenvalue weighted by atomic mass is 19.3. The van der Waals surface area contributed by atoms with Crippen LogP contribution in [0.25, 0.3) is 0 Å². The number of rotatable bonds is 4. The summed E-state index contributed by atoms with van der Waals surface area (Å²) in [7, 11) is 0. The molecule has 0 fully saturated rings. The molecular formula is C11H9F4N3. The maximum atomic E-state index is 13.9. The van der Waals surface area contributed by atoms with E-state index in [1.54, 1.807) is 0 Å². The number of alkyl halides is 4. The smallest absolute Gasteiger partial charge is 0.265 e. The fourth-order valence-electron chi connectivity index (χ4n) is 1.44. The number of nitrogens with zero attached hydrogens (tertiary/aromatic N) is 3. The molecule has 2 unspecified atom stereocenters. The predicted octanol–water partition coefficient (Wildman–Crippen LogP) is 3.07. The topological polar surface area (TPSA) is 30.7 Å². The summed E-state index contributed by atoms with van der Waals surface area (Å²) in [6, 6.07) is 4.04. The van der Waals surface area contributed by atoms with Gasteiger partial charge in [0.15, 0.2) is 6.17 Å². The summed E-state index contributed by atoms with van der Waals surface area (Å²) in [6.07, 6.45) is -3.58. The van der Waals surface area contributed by atoms with Crippen LogP contribution in [0, 0.1) is 0 Å². The van der Waals surface area contributed by atoms with Crippen molar-refractivity contribution in [1.82, 2.24) is 14.8 Å². The minimum Gasteiger partial charge on any atom is -0.265 e. The molecule has 3 nitrogen and oxygen atoms in total. The Hall–Kier alpha value is -1.92. The van der Waals surface area contributed by atoms with E-state index in [1.807, 2.05) is 0 Å². The van der Waals surface area contributed by atoms with Crippen molar-refractivity contribution in [2.45, 2.75) is 18.9 Å². The first-order valence-electron chi connectivity index (χ1n) is 5.11. The molecule has 0 aliphatic heterocycles. The average molecular weight is 259 g/mol. The number of pyridine rings is 1. The van der Waals surface area contributed by atoms with Gasteiger partial charge in [-0.25, -0.2) is 22.2 Å². The third-order valence-corrected chi connectivity index (χ3v) is 2.35. The summed E-state index contributed by atoms with van der Waals surface area (Å²) in [5.74, 6) is 0. The molecule has 18 heavy (non-hydrogen) atoms. The van der Waals surface area contributed by atoms with Crippen molar-refractivity contribution in [3.8, 4) is 0 Å². The van der Waals surface area contributed by atoms with Gasteiger partial charge in [0.1, 0.15) is 5.69 Å². The molecule has 0 aliphatic rings. The third kappa shape index (κ3) is 2.49. The van der Waals surface area contributed by atoms with Crippen molar-refractivity contribution in [3.63, 3.8) is 0 Å². The Morgan fingerprint density at radius 3 is 2.28 bits per heavy atom. The summed E-state index contributed by atoms with van der Waals surface area (Å²) in [5, 5.41) is 3.47. The van der Waals surface area contributed by atoms with Gasteiger partial charge >= 0.3 is 0 Å². The highest BCUT2D eigenvalue weighted by molar-refractivity contribution is 5.22. The molecule has 2 aromatic heterocycles. The van der Waals surface area contributed by atoms with Gasteiger partial charge in [-0.2, -0.15) is 5.10 Å². The molecular weight excluding hydrogens is 250 g/mol. The van der Waals surface area contributed by atoms with E-state index in [-0.39, 0.29) is 11.3 Å². The Bertz CT molecular complexity index is 500. The van der Waals surface area contributed by atoms with Crippen LogP contribution in [-0.4, -0.2) is 21.2 Å². The molecule has 0 aromatic carbocycles. The molecule has 2 heterocycles. The molecule has 0 N–H and O–H groups in total. The SMILES string of the molecule is FC(c1ccncc1)c1ccn(C(F)C(F)F)n1. The number of hydrogen-bond donors (Lipinski definition) is 0. The zero-order valence-corrected chi connectivity index (χ0v) is 9.05. The first-order valence-corrected chi connectivity index (χ1v) is 5.11. The van der Waals surface area contributed by atoms with E-state index in [9.17, 15) is 17.6 Å². The molecule has 0 radical (unpaired) electrons. The molecule has 2 aromatic rings. The fourth-order valence-corrected chi connectivity index (χ4v) is 1.44. The first-order chi connectivity index (χ1) is 8.59. The highest BCUT2D eigenvalue weighted by Gasteiger charge is 2.24. The standard InChI is InChI=1S/C11H9F4N3/c12-9(7-1-4-16-5-2-7)8-3-6-18(17-8)11(15)10(13)14/h1-6,9-11H. The lowest BCUT2D eigenvalue weighted by atomic mass is 10.1. The van der Waals surface area contributed by atoms with Crippen molar-refractivity contribution >= 4 is 0 Å². The lowest BCUT2D eigenvalue weighted by Gasteiger charge is -2.07. The molecule has 2 atom stereocenters. The summed E-state index contributed by atoms with van der Waals surface area (Å²) in [6.45, 7) is 0. The molecule has 0 amide bonds. The maximum Gasteiger partial charge on any atom is 0.289 e. The summed E-state index contributed by atoms with van der Waals surface area (Å²) in [5.41, 5.74) is 0.159. The molecule has 2 rings (SSSR count). The second-order valence-electron chi connectivity index (χ2n) is 3.57. The van der Waals surface area contributed by atoms with Crippen molar-refractivity contribution in [2.75, 3.05) is 0 Å². The number of halogens is 4. The molecule has 0 bridgehead atoms. The first kappa shape index (κ1) is 12.5. The molecule has 0 saturated heterocycles. The van der Waals surface area contributed by atoms with Crippen molar-refractivity contribution < 1.29 is 17.6 Å². The molecule has 7 heteroatoms. The van der Waals surface area contributed by atoms with E-state index < -0.39 is 18.9 Å². The van der Waals surface area contributed by atoms with E-state index in [0.29, 0.717) is 4.68 Å². The van der Waals surface area contributed by atoms with Gasteiger partial charge in [0.05, 0.1) is 0 Å². The van der Waals surface area contributed by atoms with Crippen LogP contribution in [0.5, 0.6) is 0 Å². The minimum absolute atomic E-state index is 0.121. The van der Waals surface area contributed by atoms with Gasteiger partial charge in [-0.15, -0.1) is 0 Å². The third-order valence-electron chi connectivity index (χ3n) is 2.35. The molecule has 96 valence electrons. The lowest BCUT2D eigenvalue weighted by molar-refractivity contribution is 0.000375. The normalized spacial score (nSPS) is 14.7. The summed E-state index contributed by atoms with van der Waals surface area (Å²) >= 11 is 0. The van der Waals surface area contributed by atoms with Gasteiger partial charge in [0.25, 0.3) is 12.7 Å². The summed E-state index contributed by atoms with van der Waals surface area (Å²) < 4.78 is 51.5. The second kappa shape index (κ2) is 5.16. The van der Waals surface area contributed by atoms with Crippen LogP contribution in [0.4, 0.5) is 17.6 Å². The minimum atomic E-state index is -3.20. The largest absolute Gasteiger partial charge is 0.289 e. The number of hydrogen-bond acceptors (Lipinski definition) is 2. The van der Waals surface area contributed by atoms with Gasteiger partial charge in [-0.05, 0) is 23.8 Å². The monoisotopic (exact) mass is 259 g/mol. The van der Waals surface area contributed by atoms with Crippen molar-refractivity contribution in [3.05, 3.63) is 48.0 Å². The van der Waals surface area contributed by atoms with Gasteiger partial charge in [-0.1, -0.05) is 0 Å². The maximum absolute atomic E-state index is 13.9. The zero-order chi connectivity index (χ0) is 13.1. The van der Waals surface area contributed by atoms with Crippen LogP contribution in [0.1, 0.15) is 23.7 Å². The van der Waals surface area contributed by atoms with Gasteiger partial charge in [0, 0.05) is 18.6 Å². The molecule has 0 saturated carbocycles. The van der Waals surface area contributed by atoms with E-state index >= 15 is 0 Å². The van der Waals surface area contributed by atoms with Crippen LogP contribution in [0.15, 0.2) is 36.8 Å².